The summed E-state index contributed by atoms with van der Waals surface area (Å²) in [4.78, 5) is 31.7. The molecule has 2 heterocycles. The molecule has 142 valence electrons. The zero-order chi connectivity index (χ0) is 19.4. The first-order chi connectivity index (χ1) is 13.0. The molecule has 0 aliphatic carbocycles. The number of carbonyl (C=O) groups is 2. The van der Waals surface area contributed by atoms with Gasteiger partial charge in [-0.2, -0.15) is 0 Å². The van der Waals surface area contributed by atoms with Crippen LogP contribution in [0.3, 0.4) is 0 Å². The molecule has 0 saturated carbocycles. The van der Waals surface area contributed by atoms with Crippen molar-refractivity contribution in [2.45, 2.75) is 32.1 Å². The Kier molecular flexibility index (Phi) is 6.11. The highest BCUT2D eigenvalue weighted by Gasteiger charge is 2.31. The van der Waals surface area contributed by atoms with Crippen LogP contribution < -0.4 is 4.90 Å². The number of anilines is 1. The van der Waals surface area contributed by atoms with E-state index in [0.717, 1.165) is 24.3 Å². The molecule has 1 aromatic heterocycles. The van der Waals surface area contributed by atoms with E-state index in [1.807, 2.05) is 36.1 Å². The van der Waals surface area contributed by atoms with E-state index in [0.29, 0.717) is 30.3 Å². The van der Waals surface area contributed by atoms with Crippen molar-refractivity contribution in [1.82, 2.24) is 9.88 Å². The van der Waals surface area contributed by atoms with Gasteiger partial charge in [0.2, 0.25) is 11.8 Å². The molecule has 0 unspecified atom stereocenters. The molecule has 1 aromatic carbocycles. The average Bonchev–Trinajstić information content (AvgIpc) is 2.65. The summed E-state index contributed by atoms with van der Waals surface area (Å²) < 4.78 is 0. The fourth-order valence-corrected chi connectivity index (χ4v) is 3.46. The summed E-state index contributed by atoms with van der Waals surface area (Å²) in [6, 6.07) is 11.8. The molecule has 2 amide bonds. The van der Waals surface area contributed by atoms with Crippen molar-refractivity contribution in [1.29, 1.82) is 0 Å². The Morgan fingerprint density at radius 1 is 1.22 bits per heavy atom. The van der Waals surface area contributed by atoms with Crippen molar-refractivity contribution in [2.75, 3.05) is 25.0 Å². The molecule has 6 heteroatoms. The highest BCUT2D eigenvalue weighted by molar-refractivity contribution is 6.30. The Morgan fingerprint density at radius 3 is 2.56 bits per heavy atom. The van der Waals surface area contributed by atoms with Gasteiger partial charge in [0.25, 0.3) is 0 Å². The van der Waals surface area contributed by atoms with E-state index in [9.17, 15) is 9.59 Å². The maximum Gasteiger partial charge on any atom is 0.226 e. The van der Waals surface area contributed by atoms with Crippen LogP contribution in [0, 0.1) is 0 Å². The first-order valence-corrected chi connectivity index (χ1v) is 9.61. The maximum absolute atomic E-state index is 12.4. The Hall–Kier alpha value is -2.40. The molecule has 1 fully saturated rings. The largest absolute Gasteiger partial charge is 0.341 e. The number of benzene rings is 1. The molecule has 1 aliphatic heterocycles. The molecule has 2 aromatic rings. The van der Waals surface area contributed by atoms with Crippen LogP contribution >= 0.6 is 11.6 Å². The van der Waals surface area contributed by atoms with Crippen LogP contribution in [0.1, 0.15) is 36.8 Å². The summed E-state index contributed by atoms with van der Waals surface area (Å²) in [5.41, 5.74) is 3.01. The zero-order valence-electron chi connectivity index (χ0n) is 15.7. The second kappa shape index (κ2) is 8.53. The van der Waals surface area contributed by atoms with Crippen molar-refractivity contribution < 1.29 is 9.59 Å². The second-order valence-corrected chi connectivity index (χ2v) is 7.20. The Labute approximate surface area is 164 Å². The van der Waals surface area contributed by atoms with Gasteiger partial charge in [-0.05, 0) is 35.7 Å². The van der Waals surface area contributed by atoms with Crippen LogP contribution in [-0.4, -0.2) is 41.8 Å². The number of halogens is 1. The van der Waals surface area contributed by atoms with Gasteiger partial charge in [0.1, 0.15) is 5.15 Å². The highest BCUT2D eigenvalue weighted by atomic mass is 35.5. The summed E-state index contributed by atoms with van der Waals surface area (Å²) in [6.07, 6.45) is 3.19. The second-order valence-electron chi connectivity index (χ2n) is 6.85. The molecule has 1 saturated heterocycles. The van der Waals surface area contributed by atoms with Gasteiger partial charge in [0.05, 0.1) is 0 Å². The summed E-state index contributed by atoms with van der Waals surface area (Å²) in [7, 11) is 1.79. The number of carbonyl (C=O) groups excluding carboxylic acids is 2. The number of aromatic nitrogens is 1. The molecule has 0 N–H and O–H groups in total. The van der Waals surface area contributed by atoms with Crippen molar-refractivity contribution >= 4 is 29.1 Å². The van der Waals surface area contributed by atoms with Crippen molar-refractivity contribution in [3.8, 4) is 0 Å². The van der Waals surface area contributed by atoms with E-state index in [1.165, 1.54) is 5.56 Å². The first kappa shape index (κ1) is 19.4. The van der Waals surface area contributed by atoms with Gasteiger partial charge in [0.15, 0.2) is 0 Å². The molecule has 3 rings (SSSR count). The van der Waals surface area contributed by atoms with Crippen LogP contribution in [-0.2, 0) is 16.0 Å². The number of likely N-dealkylation sites (tertiary alicyclic amines) is 1. The predicted octanol–water partition coefficient (Wildman–Crippen LogP) is 3.67. The summed E-state index contributed by atoms with van der Waals surface area (Å²) in [6.45, 7) is 3.33. The minimum Gasteiger partial charge on any atom is -0.341 e. The van der Waals surface area contributed by atoms with E-state index in [2.05, 4.69) is 17.1 Å². The molecular formula is C21H24ClN3O2. The van der Waals surface area contributed by atoms with Gasteiger partial charge in [-0.3, -0.25) is 9.59 Å². The van der Waals surface area contributed by atoms with Crippen LogP contribution in [0.5, 0.6) is 0 Å². The number of rotatable bonds is 6. The van der Waals surface area contributed by atoms with Crippen molar-refractivity contribution in [3.63, 3.8) is 0 Å². The van der Waals surface area contributed by atoms with Crippen LogP contribution in [0.15, 0.2) is 42.6 Å². The molecule has 0 bridgehead atoms. The van der Waals surface area contributed by atoms with Gasteiger partial charge in [-0.15, -0.1) is 0 Å². The summed E-state index contributed by atoms with van der Waals surface area (Å²) in [5.74, 6) is 0.602. The zero-order valence-corrected chi connectivity index (χ0v) is 16.4. The SMILES string of the molecule is CCC(=O)N(C)c1ccc(C2CN(C(=O)CCc3cccnc3Cl)C2)cc1. The van der Waals surface area contributed by atoms with E-state index in [-0.39, 0.29) is 11.8 Å². The predicted molar refractivity (Wildman–Crippen MR) is 107 cm³/mol. The third-order valence-corrected chi connectivity index (χ3v) is 5.45. The Balaban J connectivity index is 1.49. The molecule has 0 spiro atoms. The molecular weight excluding hydrogens is 362 g/mol. The van der Waals surface area contributed by atoms with Gasteiger partial charge in [-0.1, -0.05) is 36.7 Å². The first-order valence-electron chi connectivity index (χ1n) is 9.23. The number of hydrogen-bond donors (Lipinski definition) is 0. The van der Waals surface area contributed by atoms with Crippen LogP contribution in [0.4, 0.5) is 5.69 Å². The number of aryl methyl sites for hydroxylation is 1. The van der Waals surface area contributed by atoms with Crippen LogP contribution in [0.2, 0.25) is 5.15 Å². The molecule has 1 aliphatic rings. The lowest BCUT2D eigenvalue weighted by molar-refractivity contribution is -0.135. The van der Waals surface area contributed by atoms with Crippen LogP contribution in [0.25, 0.3) is 0 Å². The van der Waals surface area contributed by atoms with Crippen molar-refractivity contribution in [2.24, 2.45) is 0 Å². The lowest BCUT2D eigenvalue weighted by Gasteiger charge is -2.40. The topological polar surface area (TPSA) is 53.5 Å². The minimum atomic E-state index is 0.0943. The lowest BCUT2D eigenvalue weighted by atomic mass is 9.91. The average molecular weight is 386 g/mol. The monoisotopic (exact) mass is 385 g/mol. The van der Waals surface area contributed by atoms with Gasteiger partial charge in [0, 0.05) is 50.8 Å². The number of hydrogen-bond acceptors (Lipinski definition) is 3. The van der Waals surface area contributed by atoms with E-state index >= 15 is 0 Å². The molecule has 0 atom stereocenters. The standard InChI is InChI=1S/C21H24ClN3O2/c1-3-19(26)24(2)18-9-6-15(7-10-18)17-13-25(14-17)20(27)11-8-16-5-4-12-23-21(16)22/h4-7,9-10,12,17H,3,8,11,13-14H2,1-2H3. The number of nitrogens with zero attached hydrogens (tertiary/aromatic N) is 3. The molecule has 27 heavy (non-hydrogen) atoms. The molecule has 5 nitrogen and oxygen atoms in total. The minimum absolute atomic E-state index is 0.0943. The Morgan fingerprint density at radius 2 is 1.93 bits per heavy atom. The normalized spacial score (nSPS) is 14.0. The summed E-state index contributed by atoms with van der Waals surface area (Å²) in [5, 5.41) is 0.471. The Bertz CT molecular complexity index is 816. The fraction of sp³-hybridized carbons (Fsp3) is 0.381. The number of pyridine rings is 1. The fourth-order valence-electron chi connectivity index (χ4n) is 3.25. The smallest absolute Gasteiger partial charge is 0.226 e. The quantitative estimate of drug-likeness (QED) is 0.713. The van der Waals surface area contributed by atoms with E-state index in [1.54, 1.807) is 18.1 Å². The van der Waals surface area contributed by atoms with E-state index in [4.69, 9.17) is 11.6 Å². The highest BCUT2D eigenvalue weighted by Crippen LogP contribution is 2.29. The van der Waals surface area contributed by atoms with Gasteiger partial charge >= 0.3 is 0 Å². The van der Waals surface area contributed by atoms with E-state index < -0.39 is 0 Å². The maximum atomic E-state index is 12.4. The number of amides is 2. The third-order valence-electron chi connectivity index (χ3n) is 5.11. The van der Waals surface area contributed by atoms with Gasteiger partial charge in [-0.25, -0.2) is 4.98 Å². The van der Waals surface area contributed by atoms with Crippen molar-refractivity contribution in [3.05, 3.63) is 58.9 Å². The lowest BCUT2D eigenvalue weighted by Crippen LogP contribution is -2.48. The molecule has 0 radical (unpaired) electrons. The summed E-state index contributed by atoms with van der Waals surface area (Å²) >= 11 is 6.04. The third kappa shape index (κ3) is 4.48. The van der Waals surface area contributed by atoms with Gasteiger partial charge < -0.3 is 9.80 Å².